The van der Waals surface area contributed by atoms with Crippen molar-refractivity contribution in [3.63, 3.8) is 0 Å². The van der Waals surface area contributed by atoms with Gasteiger partial charge in [0.25, 0.3) is 0 Å². The van der Waals surface area contributed by atoms with Gasteiger partial charge in [0, 0.05) is 23.3 Å². The average molecular weight is 188 g/mol. The summed E-state index contributed by atoms with van der Waals surface area (Å²) in [6.45, 7) is 3.79. The second-order valence-electron chi connectivity index (χ2n) is 3.88. The van der Waals surface area contributed by atoms with Crippen LogP contribution in [0.5, 0.6) is 0 Å². The van der Waals surface area contributed by atoms with E-state index in [0.29, 0.717) is 11.5 Å². The second kappa shape index (κ2) is 3.21. The highest BCUT2D eigenvalue weighted by atomic mass is 32.2. The van der Waals surface area contributed by atoms with Crippen LogP contribution >= 0.6 is 0 Å². The summed E-state index contributed by atoms with van der Waals surface area (Å²) in [4.78, 5) is 11.5. The molecule has 2 unspecified atom stereocenters. The monoisotopic (exact) mass is 188 g/mol. The molecule has 0 aromatic rings. The zero-order chi connectivity index (χ0) is 9.35. The molecule has 0 amide bonds. The molecule has 0 N–H and O–H groups in total. The van der Waals surface area contributed by atoms with E-state index in [2.05, 4.69) is 5.87 Å². The number of carbonyl (C=O) groups is 1. The van der Waals surface area contributed by atoms with Crippen molar-refractivity contribution in [3.05, 3.63) is 0 Å². The fraction of sp³-hybridized carbons (Fsp3) is 0.778. The maximum Gasteiger partial charge on any atom is 0.139 e. The Morgan fingerprint density at radius 2 is 2.17 bits per heavy atom. The molecule has 2 atom stereocenters. The van der Waals surface area contributed by atoms with E-state index in [0.717, 1.165) is 6.42 Å². The molecule has 1 rings (SSSR count). The highest BCUT2D eigenvalue weighted by molar-refractivity contribution is 8.00. The largest absolute Gasteiger partial charge is 0.299 e. The van der Waals surface area contributed by atoms with Gasteiger partial charge in [-0.25, -0.2) is 0 Å². The molecule has 0 radical (unpaired) electrons. The number of hydrogen-bond acceptors (Lipinski definition) is 2. The molecule has 0 aromatic heterocycles. The molecule has 0 spiro atoms. The maximum absolute atomic E-state index is 11.5. The normalized spacial score (nSPS) is 35.8. The Bertz CT molecular complexity index is 275. The van der Waals surface area contributed by atoms with Gasteiger partial charge >= 0.3 is 0 Å². The van der Waals surface area contributed by atoms with Crippen LogP contribution < -0.4 is 0 Å². The van der Waals surface area contributed by atoms with Crippen LogP contribution in [0.3, 0.4) is 0 Å². The van der Waals surface area contributed by atoms with Crippen molar-refractivity contribution < 1.29 is 9.00 Å². The van der Waals surface area contributed by atoms with Crippen molar-refractivity contribution in [2.24, 2.45) is 11.8 Å². The molecule has 1 heterocycles. The Labute approximate surface area is 74.4 Å². The molecule has 0 aliphatic carbocycles. The lowest BCUT2D eigenvalue weighted by molar-refractivity contribution is -0.125. The first-order valence-corrected chi connectivity index (χ1v) is 6.35. The van der Waals surface area contributed by atoms with Gasteiger partial charge in [0.15, 0.2) is 0 Å². The zero-order valence-electron chi connectivity index (χ0n) is 7.71. The van der Waals surface area contributed by atoms with Crippen molar-refractivity contribution in [3.8, 4) is 0 Å². The summed E-state index contributed by atoms with van der Waals surface area (Å²) >= 11 is 0. The summed E-state index contributed by atoms with van der Waals surface area (Å²) in [5, 5.41) is 0. The third-order valence-corrected chi connectivity index (χ3v) is 4.30. The number of carbonyl (C=O) groups excluding carboxylic acids is 1. The van der Waals surface area contributed by atoms with E-state index in [1.165, 1.54) is 0 Å². The molecule has 12 heavy (non-hydrogen) atoms. The Hall–Kier alpha value is -0.310. The number of ketones is 1. The SMILES string of the molecule is C=S1(=O)CCC(C(=O)C(C)C)C1. The molecule has 1 aliphatic rings. The second-order valence-corrected chi connectivity index (χ2v) is 6.55. The van der Waals surface area contributed by atoms with E-state index in [4.69, 9.17) is 0 Å². The van der Waals surface area contributed by atoms with Crippen molar-refractivity contribution in [1.82, 2.24) is 0 Å². The molecule has 0 bridgehead atoms. The Morgan fingerprint density at radius 1 is 1.58 bits per heavy atom. The first-order valence-electron chi connectivity index (χ1n) is 4.29. The molecule has 1 fully saturated rings. The molecule has 3 heteroatoms. The van der Waals surface area contributed by atoms with Crippen LogP contribution in [0.15, 0.2) is 0 Å². The lowest BCUT2D eigenvalue weighted by Crippen LogP contribution is -2.20. The van der Waals surface area contributed by atoms with Gasteiger partial charge in [-0.15, -0.1) is 0 Å². The summed E-state index contributed by atoms with van der Waals surface area (Å²) in [7, 11) is -1.89. The highest BCUT2D eigenvalue weighted by Gasteiger charge is 2.30. The third-order valence-electron chi connectivity index (χ3n) is 2.31. The lowest BCUT2D eigenvalue weighted by atomic mass is 9.95. The van der Waals surface area contributed by atoms with Gasteiger partial charge in [-0.05, 0) is 21.8 Å². The number of rotatable bonds is 2. The molecule has 0 saturated carbocycles. The van der Waals surface area contributed by atoms with Crippen molar-refractivity contribution in [2.75, 3.05) is 11.5 Å². The Kier molecular flexibility index (Phi) is 2.61. The van der Waals surface area contributed by atoms with Gasteiger partial charge in [-0.2, -0.15) is 0 Å². The van der Waals surface area contributed by atoms with Gasteiger partial charge < -0.3 is 0 Å². The fourth-order valence-corrected chi connectivity index (χ4v) is 3.53. The van der Waals surface area contributed by atoms with E-state index >= 15 is 0 Å². The van der Waals surface area contributed by atoms with Crippen LogP contribution in [0.4, 0.5) is 0 Å². The van der Waals surface area contributed by atoms with Crippen LogP contribution in [0, 0.1) is 11.8 Å². The van der Waals surface area contributed by atoms with Gasteiger partial charge in [-0.1, -0.05) is 13.8 Å². The van der Waals surface area contributed by atoms with Crippen LogP contribution in [-0.4, -0.2) is 27.4 Å². The van der Waals surface area contributed by atoms with E-state index in [9.17, 15) is 9.00 Å². The highest BCUT2D eigenvalue weighted by Crippen LogP contribution is 2.21. The molecule has 0 aromatic carbocycles. The van der Waals surface area contributed by atoms with Crippen molar-refractivity contribution >= 4 is 21.2 Å². The Morgan fingerprint density at radius 3 is 2.50 bits per heavy atom. The van der Waals surface area contributed by atoms with Crippen LogP contribution in [-0.2, 0) is 14.3 Å². The summed E-state index contributed by atoms with van der Waals surface area (Å²) in [6.07, 6.45) is 0.777. The quantitative estimate of drug-likeness (QED) is 0.605. The topological polar surface area (TPSA) is 34.1 Å². The summed E-state index contributed by atoms with van der Waals surface area (Å²) in [5.41, 5.74) is 0. The van der Waals surface area contributed by atoms with E-state index in [-0.39, 0.29) is 17.6 Å². The molecular formula is C9H16O2S. The summed E-state index contributed by atoms with van der Waals surface area (Å²) in [5.74, 6) is 5.14. The number of hydrogen-bond donors (Lipinski definition) is 0. The van der Waals surface area contributed by atoms with Gasteiger partial charge in [0.1, 0.15) is 5.78 Å². The van der Waals surface area contributed by atoms with Crippen molar-refractivity contribution in [1.29, 1.82) is 0 Å². The van der Waals surface area contributed by atoms with Crippen molar-refractivity contribution in [2.45, 2.75) is 20.3 Å². The third kappa shape index (κ3) is 2.09. The van der Waals surface area contributed by atoms with E-state index in [1.807, 2.05) is 13.8 Å². The predicted octanol–water partition coefficient (Wildman–Crippen LogP) is 0.948. The molecule has 1 aliphatic heterocycles. The molecule has 1 saturated heterocycles. The minimum atomic E-state index is -1.89. The number of Topliss-reactive ketones (excluding diaryl/α,β-unsaturated/α-hetero) is 1. The van der Waals surface area contributed by atoms with Crippen LogP contribution in [0.25, 0.3) is 0 Å². The summed E-state index contributed by atoms with van der Waals surface area (Å²) < 4.78 is 11.5. The van der Waals surface area contributed by atoms with Gasteiger partial charge in [-0.3, -0.25) is 9.00 Å². The van der Waals surface area contributed by atoms with E-state index < -0.39 is 9.52 Å². The minimum absolute atomic E-state index is 0.0231. The molecule has 70 valence electrons. The smallest absolute Gasteiger partial charge is 0.139 e. The molecular weight excluding hydrogens is 172 g/mol. The fourth-order valence-electron chi connectivity index (χ4n) is 1.59. The van der Waals surface area contributed by atoms with E-state index in [1.54, 1.807) is 0 Å². The average Bonchev–Trinajstić information content (AvgIpc) is 2.28. The molecule has 2 nitrogen and oxygen atoms in total. The first-order chi connectivity index (χ1) is 5.42. The maximum atomic E-state index is 11.5. The zero-order valence-corrected chi connectivity index (χ0v) is 8.52. The van der Waals surface area contributed by atoms with Gasteiger partial charge in [0.2, 0.25) is 0 Å². The lowest BCUT2D eigenvalue weighted by Gasteiger charge is -2.09. The van der Waals surface area contributed by atoms with Gasteiger partial charge in [0.05, 0.1) is 0 Å². The predicted molar refractivity (Wildman–Crippen MR) is 52.9 cm³/mol. The first kappa shape index (κ1) is 9.78. The van der Waals surface area contributed by atoms with Crippen LogP contribution in [0.1, 0.15) is 20.3 Å². The van der Waals surface area contributed by atoms with Crippen LogP contribution in [0.2, 0.25) is 0 Å². The minimum Gasteiger partial charge on any atom is -0.299 e. The Balaban J connectivity index is 2.65. The standard InChI is InChI=1S/C9H16O2S/c1-7(2)9(10)8-4-5-12(3,11)6-8/h7-8H,3-6H2,1-2H3. The summed E-state index contributed by atoms with van der Waals surface area (Å²) in [6, 6.07) is 0.